The molecule has 11 N–H and O–H groups in total. The first-order valence-electron chi connectivity index (χ1n) is 24.4. The molecule has 1 aliphatic carbocycles. The number of amides is 5. The molecule has 1 heterocycles. The molecule has 3 atom stereocenters. The number of rotatable bonds is 26. The molecule has 2 fully saturated rings. The second-order valence-electron chi connectivity index (χ2n) is 18.5. The molecule has 73 heavy (non-hydrogen) atoms. The number of urea groups is 1. The summed E-state index contributed by atoms with van der Waals surface area (Å²) in [5, 5.41) is 71.1. The summed E-state index contributed by atoms with van der Waals surface area (Å²) >= 11 is 0. The van der Waals surface area contributed by atoms with Gasteiger partial charge in [-0.3, -0.25) is 53.2 Å². The normalized spacial score (nSPS) is 18.8. The van der Waals surface area contributed by atoms with Crippen molar-refractivity contribution in [2.75, 3.05) is 91.6 Å². The van der Waals surface area contributed by atoms with Gasteiger partial charge in [0, 0.05) is 77.8 Å². The Balaban J connectivity index is 1.30. The van der Waals surface area contributed by atoms with E-state index in [1.165, 1.54) is 0 Å². The molecule has 0 unspecified atom stereocenters. The van der Waals surface area contributed by atoms with Crippen molar-refractivity contribution in [3.8, 4) is 0 Å². The van der Waals surface area contributed by atoms with E-state index in [4.69, 9.17) is 5.11 Å². The maximum absolute atomic E-state index is 13.9. The molecule has 25 heteroatoms. The Kier molecular flexibility index (Phi) is 24.2. The van der Waals surface area contributed by atoms with Crippen molar-refractivity contribution in [2.24, 2.45) is 11.8 Å². The Morgan fingerprint density at radius 3 is 1.52 bits per heavy atom. The van der Waals surface area contributed by atoms with Crippen molar-refractivity contribution < 1.29 is 78.6 Å². The van der Waals surface area contributed by atoms with Gasteiger partial charge in [-0.2, -0.15) is 0 Å². The summed E-state index contributed by atoms with van der Waals surface area (Å²) in [4.78, 5) is 129. The molecule has 402 valence electrons. The highest BCUT2D eigenvalue weighted by Gasteiger charge is 2.31. The van der Waals surface area contributed by atoms with Gasteiger partial charge in [0.05, 0.1) is 26.2 Å². The Morgan fingerprint density at radius 1 is 0.534 bits per heavy atom. The SMILES string of the molecule is O=C(O)CC[C@H](NC(=O)N[C@@H](CCCCNC(=O)[C@@H](NC(=O)[C@H]1CC[C@H](CNC(=O)CN2CCN(CC(=O)O)CCN(CC(=O)O)CCN(CC(=O)O)CC2)CC1)c1ccc2ccccc2c1)C(=O)O)C(=O)O. The minimum absolute atomic E-state index is 0.0307. The molecule has 0 spiro atoms. The number of nitrogens with one attached hydrogen (secondary N) is 5. The highest BCUT2D eigenvalue weighted by molar-refractivity contribution is 5.91. The van der Waals surface area contributed by atoms with Crippen molar-refractivity contribution >= 4 is 70.3 Å². The van der Waals surface area contributed by atoms with Gasteiger partial charge in [0.2, 0.25) is 17.7 Å². The maximum Gasteiger partial charge on any atom is 0.326 e. The third-order valence-electron chi connectivity index (χ3n) is 12.9. The van der Waals surface area contributed by atoms with Crippen molar-refractivity contribution in [3.63, 3.8) is 0 Å². The lowest BCUT2D eigenvalue weighted by atomic mass is 9.81. The summed E-state index contributed by atoms with van der Waals surface area (Å²) in [6.45, 7) is 1.69. The van der Waals surface area contributed by atoms with Crippen LogP contribution in [0.2, 0.25) is 0 Å². The molecule has 2 aromatic rings. The fourth-order valence-corrected chi connectivity index (χ4v) is 8.81. The lowest BCUT2D eigenvalue weighted by molar-refractivity contribution is -0.141. The molecular weight excluding hydrogens is 959 g/mol. The standard InChI is InChI=1S/C48H69N9O16/c58-38(27-54-17-19-55(28-40(61)62)21-23-57(30-42(65)66)24-22-56(20-18-54)29-41(63)64)50-26-31-8-10-33(11-9-31)44(67)53-43(35-13-12-32-5-1-2-6-34(32)25-35)45(68)49-16-4-3-7-36(46(69)70)51-48(73)52-37(47(71)72)14-15-39(59)60/h1-2,5-6,12-13,25,31,33,36-37,43H,3-4,7-11,14-24,26-30H2,(H,49,68)(H,50,58)(H,53,67)(H,59,60)(H,61,62)(H,63,64)(H,65,66)(H,69,70)(H,71,72)(H2,51,52,73)/t31-,33-,36-,37-,43-/m0/s1. The van der Waals surface area contributed by atoms with Crippen LogP contribution in [0.15, 0.2) is 42.5 Å². The molecule has 1 saturated carbocycles. The van der Waals surface area contributed by atoms with Gasteiger partial charge in [-0.1, -0.05) is 36.4 Å². The van der Waals surface area contributed by atoms with E-state index in [9.17, 15) is 73.5 Å². The lowest BCUT2D eigenvalue weighted by Crippen LogP contribution is -2.51. The lowest BCUT2D eigenvalue weighted by Gasteiger charge is -2.33. The van der Waals surface area contributed by atoms with Gasteiger partial charge in [-0.15, -0.1) is 0 Å². The molecule has 0 bridgehead atoms. The highest BCUT2D eigenvalue weighted by Crippen LogP contribution is 2.30. The van der Waals surface area contributed by atoms with Crippen LogP contribution in [0, 0.1) is 11.8 Å². The van der Waals surface area contributed by atoms with Gasteiger partial charge in [0.25, 0.3) is 0 Å². The Morgan fingerprint density at radius 2 is 1.03 bits per heavy atom. The Bertz CT molecular complexity index is 2210. The van der Waals surface area contributed by atoms with Crippen molar-refractivity contribution in [1.82, 2.24) is 46.2 Å². The average molecular weight is 1030 g/mol. The zero-order chi connectivity index (χ0) is 53.5. The minimum atomic E-state index is -1.55. The zero-order valence-corrected chi connectivity index (χ0v) is 40.7. The number of carboxylic acid groups (broad SMARTS) is 6. The summed E-state index contributed by atoms with van der Waals surface area (Å²) in [6.07, 6.45) is 1.67. The Labute approximate surface area is 421 Å². The van der Waals surface area contributed by atoms with Crippen LogP contribution in [-0.4, -0.2) is 214 Å². The summed E-state index contributed by atoms with van der Waals surface area (Å²) in [5.74, 6) is -8.77. The summed E-state index contributed by atoms with van der Waals surface area (Å²) < 4.78 is 0. The van der Waals surface area contributed by atoms with E-state index >= 15 is 0 Å². The fourth-order valence-electron chi connectivity index (χ4n) is 8.81. The second kappa shape index (κ2) is 30.2. The molecule has 0 aromatic heterocycles. The zero-order valence-electron chi connectivity index (χ0n) is 40.7. The number of aliphatic carboxylic acids is 6. The monoisotopic (exact) mass is 1030 g/mol. The molecule has 2 aliphatic rings. The predicted octanol–water partition coefficient (Wildman–Crippen LogP) is -0.248. The van der Waals surface area contributed by atoms with Crippen LogP contribution in [0.4, 0.5) is 4.79 Å². The maximum atomic E-state index is 13.9. The summed E-state index contributed by atoms with van der Waals surface area (Å²) in [6, 6.07) is 7.79. The van der Waals surface area contributed by atoms with Gasteiger partial charge in [-0.25, -0.2) is 14.4 Å². The number of fused-ring (bicyclic) bond motifs is 1. The quantitative estimate of drug-likeness (QED) is 0.0541. The molecule has 5 amide bonds. The van der Waals surface area contributed by atoms with Gasteiger partial charge < -0.3 is 57.2 Å². The number of unbranched alkanes of at least 4 members (excludes halogenated alkanes) is 1. The third-order valence-corrected chi connectivity index (χ3v) is 12.9. The molecule has 25 nitrogen and oxygen atoms in total. The van der Waals surface area contributed by atoms with E-state index < -0.39 is 84.6 Å². The van der Waals surface area contributed by atoms with Crippen LogP contribution >= 0.6 is 0 Å². The second-order valence-corrected chi connectivity index (χ2v) is 18.5. The van der Waals surface area contributed by atoms with Crippen molar-refractivity contribution in [3.05, 3.63) is 48.0 Å². The summed E-state index contributed by atoms with van der Waals surface area (Å²) in [7, 11) is 0. The van der Waals surface area contributed by atoms with Crippen LogP contribution < -0.4 is 26.6 Å². The first-order valence-corrected chi connectivity index (χ1v) is 24.4. The number of hydrogen-bond acceptors (Lipinski definition) is 14. The predicted molar refractivity (Wildman–Crippen MR) is 260 cm³/mol. The van der Waals surface area contributed by atoms with Gasteiger partial charge in [0.15, 0.2) is 0 Å². The van der Waals surface area contributed by atoms with Crippen LogP contribution in [0.5, 0.6) is 0 Å². The molecule has 2 aromatic carbocycles. The number of carbonyl (C=O) groups excluding carboxylic acids is 4. The topological polar surface area (TPSA) is 365 Å². The van der Waals surface area contributed by atoms with Gasteiger partial charge in [-0.05, 0) is 79.7 Å². The van der Waals surface area contributed by atoms with E-state index in [0.29, 0.717) is 50.9 Å². The number of carboxylic acids is 6. The fraction of sp³-hybridized carbons (Fsp3) is 0.583. The number of carbonyl (C=O) groups is 10. The van der Waals surface area contributed by atoms with E-state index in [2.05, 4.69) is 26.6 Å². The van der Waals surface area contributed by atoms with E-state index in [1.54, 1.807) is 20.8 Å². The largest absolute Gasteiger partial charge is 0.481 e. The smallest absolute Gasteiger partial charge is 0.326 e. The van der Waals surface area contributed by atoms with Crippen molar-refractivity contribution in [1.29, 1.82) is 0 Å². The van der Waals surface area contributed by atoms with E-state index in [1.807, 2.05) is 41.3 Å². The first-order chi connectivity index (χ1) is 34.8. The highest BCUT2D eigenvalue weighted by atomic mass is 16.4. The molecule has 0 radical (unpaired) electrons. The van der Waals surface area contributed by atoms with Gasteiger partial charge in [0.1, 0.15) is 18.1 Å². The number of hydrogen-bond donors (Lipinski definition) is 11. The number of benzene rings is 2. The van der Waals surface area contributed by atoms with E-state index in [0.717, 1.165) is 10.8 Å². The average Bonchev–Trinajstić information content (AvgIpc) is 3.33. The molecule has 4 rings (SSSR count). The van der Waals surface area contributed by atoms with Crippen LogP contribution in [0.25, 0.3) is 10.8 Å². The van der Waals surface area contributed by atoms with Crippen LogP contribution in [-0.2, 0) is 43.2 Å². The third kappa shape index (κ3) is 21.7. The molecule has 1 saturated heterocycles. The van der Waals surface area contributed by atoms with Crippen LogP contribution in [0.3, 0.4) is 0 Å². The van der Waals surface area contributed by atoms with Crippen LogP contribution in [0.1, 0.15) is 69.4 Å². The van der Waals surface area contributed by atoms with Gasteiger partial charge >= 0.3 is 41.8 Å². The molecule has 1 aliphatic heterocycles. The first kappa shape index (κ1) is 58.6. The Hall–Kier alpha value is -6.96. The molecular formula is C48H69N9O16. The van der Waals surface area contributed by atoms with Crippen molar-refractivity contribution in [2.45, 2.75) is 75.9 Å². The number of nitrogens with zero attached hydrogens (tertiary/aromatic N) is 4. The minimum Gasteiger partial charge on any atom is -0.481 e. The summed E-state index contributed by atoms with van der Waals surface area (Å²) in [5.41, 5.74) is 0.536. The van der Waals surface area contributed by atoms with E-state index in [-0.39, 0.29) is 109 Å².